The molecule has 0 N–H and O–H groups in total. The third-order valence-electron chi connectivity index (χ3n) is 3.01. The van der Waals surface area contributed by atoms with E-state index in [2.05, 4.69) is 13.8 Å². The first-order chi connectivity index (χ1) is 8.93. The summed E-state index contributed by atoms with van der Waals surface area (Å²) in [7, 11) is 0. The molecule has 0 aliphatic rings. The average Bonchev–Trinajstić information content (AvgIpc) is 2.36. The molecule has 0 amide bonds. The molecule has 0 aromatic heterocycles. The molecule has 0 saturated heterocycles. The highest BCUT2D eigenvalue weighted by atomic mass is 32.2. The van der Waals surface area contributed by atoms with Gasteiger partial charge in [-0.1, -0.05) is 20.8 Å². The van der Waals surface area contributed by atoms with Crippen molar-refractivity contribution in [1.29, 1.82) is 0 Å². The Balaban J connectivity index is 2.63. The van der Waals surface area contributed by atoms with Gasteiger partial charge in [0.15, 0.2) is 0 Å². The number of hydrogen-bond acceptors (Lipinski definition) is 3. The number of thioether (sulfide) groups is 1. The molecule has 0 spiro atoms. The number of Topliss-reactive ketones (excluding diaryl/α,β-unsaturated/α-hetero) is 2. The predicted molar refractivity (Wildman–Crippen MR) is 80.8 cm³/mol. The van der Waals surface area contributed by atoms with Crippen LogP contribution in [0.5, 0.6) is 0 Å². The van der Waals surface area contributed by atoms with Crippen LogP contribution in [0.15, 0.2) is 29.2 Å². The van der Waals surface area contributed by atoms with Crippen LogP contribution in [0.4, 0.5) is 0 Å². The average molecular weight is 278 g/mol. The number of carbonyl (C=O) groups is 2. The van der Waals surface area contributed by atoms with Crippen LogP contribution in [0.25, 0.3) is 0 Å². The standard InChI is InChI=1S/C16H22O2S/c1-11(2)9-12(3)10-15(17)16(18)13-5-7-14(19-4)8-6-13/h5-8,11-12H,9-10H2,1-4H3. The smallest absolute Gasteiger partial charge is 0.228 e. The van der Waals surface area contributed by atoms with Gasteiger partial charge in [-0.05, 0) is 48.8 Å². The zero-order valence-electron chi connectivity index (χ0n) is 12.1. The second-order valence-corrected chi connectivity index (χ2v) is 6.30. The molecule has 1 rings (SSSR count). The maximum atomic E-state index is 12.0. The fraction of sp³-hybridized carbons (Fsp3) is 0.500. The van der Waals surface area contributed by atoms with Crippen molar-refractivity contribution in [1.82, 2.24) is 0 Å². The highest BCUT2D eigenvalue weighted by Gasteiger charge is 2.19. The molecule has 1 aromatic rings. The van der Waals surface area contributed by atoms with Gasteiger partial charge in [-0.2, -0.15) is 0 Å². The van der Waals surface area contributed by atoms with E-state index in [0.717, 1.165) is 11.3 Å². The van der Waals surface area contributed by atoms with E-state index in [-0.39, 0.29) is 17.5 Å². The summed E-state index contributed by atoms with van der Waals surface area (Å²) in [5, 5.41) is 0. The summed E-state index contributed by atoms with van der Waals surface area (Å²) >= 11 is 1.62. The summed E-state index contributed by atoms with van der Waals surface area (Å²) < 4.78 is 0. The van der Waals surface area contributed by atoms with Gasteiger partial charge in [-0.3, -0.25) is 9.59 Å². The van der Waals surface area contributed by atoms with Crippen molar-refractivity contribution in [3.8, 4) is 0 Å². The number of carbonyl (C=O) groups excluding carboxylic acids is 2. The van der Waals surface area contributed by atoms with Gasteiger partial charge in [0.1, 0.15) is 0 Å². The van der Waals surface area contributed by atoms with Crippen LogP contribution in [0, 0.1) is 11.8 Å². The monoisotopic (exact) mass is 278 g/mol. The maximum absolute atomic E-state index is 12.0. The SMILES string of the molecule is CSc1ccc(C(=O)C(=O)CC(C)CC(C)C)cc1. The molecule has 19 heavy (non-hydrogen) atoms. The van der Waals surface area contributed by atoms with Crippen molar-refractivity contribution in [2.24, 2.45) is 11.8 Å². The summed E-state index contributed by atoms with van der Waals surface area (Å²) in [5.74, 6) is 0.189. The Morgan fingerprint density at radius 1 is 1.11 bits per heavy atom. The Hall–Kier alpha value is -1.09. The Morgan fingerprint density at radius 3 is 2.16 bits per heavy atom. The predicted octanol–water partition coefficient (Wildman–Crippen LogP) is 4.23. The normalized spacial score (nSPS) is 12.5. The molecule has 1 aromatic carbocycles. The number of benzene rings is 1. The maximum Gasteiger partial charge on any atom is 0.228 e. The van der Waals surface area contributed by atoms with Gasteiger partial charge in [0, 0.05) is 16.9 Å². The molecular weight excluding hydrogens is 256 g/mol. The van der Waals surface area contributed by atoms with E-state index in [1.54, 1.807) is 23.9 Å². The summed E-state index contributed by atoms with van der Waals surface area (Å²) in [6.45, 7) is 6.29. The lowest BCUT2D eigenvalue weighted by atomic mass is 9.92. The molecular formula is C16H22O2S. The van der Waals surface area contributed by atoms with E-state index in [4.69, 9.17) is 0 Å². The van der Waals surface area contributed by atoms with Crippen LogP contribution in [0.3, 0.4) is 0 Å². The second-order valence-electron chi connectivity index (χ2n) is 5.42. The summed E-state index contributed by atoms with van der Waals surface area (Å²) in [5.41, 5.74) is 0.500. The van der Waals surface area contributed by atoms with E-state index in [1.807, 2.05) is 25.3 Å². The molecule has 1 unspecified atom stereocenters. The highest BCUT2D eigenvalue weighted by Crippen LogP contribution is 2.18. The lowest BCUT2D eigenvalue weighted by Crippen LogP contribution is -2.17. The fourth-order valence-electron chi connectivity index (χ4n) is 2.20. The van der Waals surface area contributed by atoms with Crippen LogP contribution in [0.2, 0.25) is 0 Å². The Bertz CT molecular complexity index is 435. The molecule has 104 valence electrons. The van der Waals surface area contributed by atoms with Crippen LogP contribution >= 0.6 is 11.8 Å². The third-order valence-corrected chi connectivity index (χ3v) is 3.76. The number of rotatable bonds is 7. The van der Waals surface area contributed by atoms with Gasteiger partial charge in [0.05, 0.1) is 0 Å². The minimum absolute atomic E-state index is 0.266. The number of hydrogen-bond donors (Lipinski definition) is 0. The quantitative estimate of drug-likeness (QED) is 0.425. The van der Waals surface area contributed by atoms with Crippen molar-refractivity contribution in [3.05, 3.63) is 29.8 Å². The molecule has 0 fully saturated rings. The molecule has 0 heterocycles. The van der Waals surface area contributed by atoms with Crippen molar-refractivity contribution >= 4 is 23.3 Å². The molecule has 0 radical (unpaired) electrons. The molecule has 1 atom stereocenters. The Kier molecular flexibility index (Phi) is 6.29. The Morgan fingerprint density at radius 2 is 1.68 bits per heavy atom. The van der Waals surface area contributed by atoms with Crippen molar-refractivity contribution < 1.29 is 9.59 Å². The van der Waals surface area contributed by atoms with Crippen LogP contribution in [-0.4, -0.2) is 17.8 Å². The van der Waals surface area contributed by atoms with Crippen molar-refractivity contribution in [3.63, 3.8) is 0 Å². The van der Waals surface area contributed by atoms with E-state index in [9.17, 15) is 9.59 Å². The van der Waals surface area contributed by atoms with Gasteiger partial charge in [0.25, 0.3) is 0 Å². The molecule has 0 aliphatic carbocycles. The lowest BCUT2D eigenvalue weighted by Gasteiger charge is -2.12. The molecule has 3 heteroatoms. The van der Waals surface area contributed by atoms with Crippen LogP contribution < -0.4 is 0 Å². The third kappa shape index (κ3) is 5.19. The van der Waals surface area contributed by atoms with E-state index in [0.29, 0.717) is 17.9 Å². The molecule has 0 saturated carbocycles. The largest absolute Gasteiger partial charge is 0.290 e. The topological polar surface area (TPSA) is 34.1 Å². The summed E-state index contributed by atoms with van der Waals surface area (Å²) in [4.78, 5) is 25.0. The molecule has 0 bridgehead atoms. The van der Waals surface area contributed by atoms with Crippen LogP contribution in [-0.2, 0) is 4.79 Å². The van der Waals surface area contributed by atoms with E-state index >= 15 is 0 Å². The fourth-order valence-corrected chi connectivity index (χ4v) is 2.61. The van der Waals surface area contributed by atoms with Crippen LogP contribution in [0.1, 0.15) is 44.0 Å². The van der Waals surface area contributed by atoms with Gasteiger partial charge in [0.2, 0.25) is 11.6 Å². The minimum Gasteiger partial charge on any atom is -0.290 e. The van der Waals surface area contributed by atoms with Gasteiger partial charge in [-0.15, -0.1) is 11.8 Å². The Labute approximate surface area is 120 Å². The van der Waals surface area contributed by atoms with Crippen molar-refractivity contribution in [2.75, 3.05) is 6.26 Å². The first kappa shape index (κ1) is 16.0. The zero-order chi connectivity index (χ0) is 14.4. The minimum atomic E-state index is -0.358. The van der Waals surface area contributed by atoms with E-state index in [1.165, 1.54) is 0 Å². The summed E-state index contributed by atoms with van der Waals surface area (Å²) in [6, 6.07) is 7.23. The van der Waals surface area contributed by atoms with Crippen molar-refractivity contribution in [2.45, 2.75) is 38.5 Å². The molecule has 0 aliphatic heterocycles. The number of ketones is 2. The first-order valence-electron chi connectivity index (χ1n) is 6.65. The molecule has 2 nitrogen and oxygen atoms in total. The summed E-state index contributed by atoms with van der Waals surface area (Å²) in [6.07, 6.45) is 3.31. The first-order valence-corrected chi connectivity index (χ1v) is 7.88. The van der Waals surface area contributed by atoms with Gasteiger partial charge >= 0.3 is 0 Å². The lowest BCUT2D eigenvalue weighted by molar-refractivity contribution is -0.115. The highest BCUT2D eigenvalue weighted by molar-refractivity contribution is 7.98. The van der Waals surface area contributed by atoms with Gasteiger partial charge < -0.3 is 0 Å². The second kappa shape index (κ2) is 7.49. The zero-order valence-corrected chi connectivity index (χ0v) is 12.9. The van der Waals surface area contributed by atoms with E-state index < -0.39 is 0 Å². The van der Waals surface area contributed by atoms with Gasteiger partial charge in [-0.25, -0.2) is 0 Å².